The van der Waals surface area contributed by atoms with Crippen LogP contribution in [0.5, 0.6) is 0 Å². The van der Waals surface area contributed by atoms with Crippen LogP contribution in [0.4, 0.5) is 13.9 Å². The van der Waals surface area contributed by atoms with E-state index in [9.17, 15) is 13.9 Å². The first-order valence-corrected chi connectivity index (χ1v) is 3.51. The van der Waals surface area contributed by atoms with Gasteiger partial charge in [0, 0.05) is 0 Å². The van der Waals surface area contributed by atoms with E-state index in [0.717, 1.165) is 0 Å². The molecule has 0 aliphatic heterocycles. The summed E-state index contributed by atoms with van der Waals surface area (Å²) in [6, 6.07) is 0. The third kappa shape index (κ3) is 39.0. The molecule has 0 heterocycles. The van der Waals surface area contributed by atoms with Crippen LogP contribution in [0.15, 0.2) is 0 Å². The Morgan fingerprint density at radius 1 is 0.833 bits per heavy atom. The van der Waals surface area contributed by atoms with Crippen LogP contribution in [0.2, 0.25) is 0 Å². The van der Waals surface area contributed by atoms with Crippen LogP contribution in [0.3, 0.4) is 0 Å². The van der Waals surface area contributed by atoms with E-state index in [1.165, 1.54) is 0 Å². The molecule has 0 aromatic rings. The largest absolute Gasteiger partial charge is 1.00 e. The fourth-order valence-corrected chi connectivity index (χ4v) is 0. The average Bonchev–Trinajstić information content (AvgIpc) is 0.722. The van der Waals surface area contributed by atoms with Crippen molar-refractivity contribution in [3.05, 3.63) is 0 Å². The van der Waals surface area contributed by atoms with Crippen LogP contribution in [0.1, 0.15) is 0 Å². The Morgan fingerprint density at radius 3 is 0.833 bits per heavy atom. The molecule has 0 spiro atoms. The summed E-state index contributed by atoms with van der Waals surface area (Å²) in [5.74, 6) is 0. The predicted octanol–water partition coefficient (Wildman–Crippen LogP) is -1.70. The quantitative estimate of drug-likeness (QED) is 0.315. The molecule has 0 radical (unpaired) electrons. The third-order valence-corrected chi connectivity index (χ3v) is 0. The molecule has 0 rings (SSSR count). The third-order valence-electron chi connectivity index (χ3n) is 0. The molecule has 0 aromatic heterocycles. The van der Waals surface area contributed by atoms with Gasteiger partial charge in [0.05, 0.1) is 0 Å². The van der Waals surface area contributed by atoms with Crippen molar-refractivity contribution in [2.24, 2.45) is 0 Å². The van der Waals surface area contributed by atoms with Crippen molar-refractivity contribution in [2.45, 2.75) is 0 Å². The maximum atomic E-state index is 9.86. The number of hydrogen-bond acceptors (Lipinski definition) is 0. The second-order valence-electron chi connectivity index (χ2n) is 0.383. The molecule has 0 saturated heterocycles. The van der Waals surface area contributed by atoms with Crippen molar-refractivity contribution in [1.82, 2.24) is 0 Å². The van der Waals surface area contributed by atoms with Gasteiger partial charge in [-0.15, -0.1) is 0 Å². The second kappa shape index (κ2) is 3.86. The minimum absolute atomic E-state index is 0. The summed E-state index contributed by atoms with van der Waals surface area (Å²) in [6.45, 7) is 0. The molecule has 0 amide bonds. The van der Waals surface area contributed by atoms with Gasteiger partial charge in [0.1, 0.15) is 0 Å². The summed E-state index contributed by atoms with van der Waals surface area (Å²) < 4.78 is 39.4. The van der Waals surface area contributed by atoms with Gasteiger partial charge in [-0.2, -0.15) is 0 Å². The molecule has 6 heavy (non-hydrogen) atoms. The fraction of sp³-hybridized carbons (Fsp3) is 0. The van der Waals surface area contributed by atoms with Gasteiger partial charge in [0.2, 0.25) is 0 Å². The summed E-state index contributed by atoms with van der Waals surface area (Å²) in [6.07, 6.45) is 0. The molecule has 0 aromatic carbocycles. The summed E-state index contributed by atoms with van der Waals surface area (Å²) in [5.41, 5.74) is 0. The molecular formula is AsF4K. The van der Waals surface area contributed by atoms with Crippen molar-refractivity contribution in [2.75, 3.05) is 0 Å². The summed E-state index contributed by atoms with van der Waals surface area (Å²) in [5, 5.41) is 0. The van der Waals surface area contributed by atoms with E-state index in [2.05, 4.69) is 0 Å². The molecule has 34 valence electrons. The van der Waals surface area contributed by atoms with E-state index in [0.29, 0.717) is 0 Å². The van der Waals surface area contributed by atoms with E-state index in [1.54, 1.807) is 0 Å². The number of halogens is 4. The second-order valence-corrected chi connectivity index (χ2v) is 1.99. The maximum absolute atomic E-state index is 9.86. The van der Waals surface area contributed by atoms with Crippen molar-refractivity contribution >= 4 is 15.4 Å². The Morgan fingerprint density at radius 2 is 0.833 bits per heavy atom. The Kier molecular flexibility index (Phi) is 6.96. The van der Waals surface area contributed by atoms with Gasteiger partial charge in [-0.3, -0.25) is 0 Å². The maximum Gasteiger partial charge on any atom is 1.00 e. The first-order chi connectivity index (χ1) is 2.00. The standard InChI is InChI=1S/AsF4.K/c2-1(3,4)5;/q-1;+1. The zero-order chi connectivity index (χ0) is 4.50. The minimum atomic E-state index is -6.88. The van der Waals surface area contributed by atoms with Crippen molar-refractivity contribution in [1.29, 1.82) is 0 Å². The van der Waals surface area contributed by atoms with Gasteiger partial charge in [0.25, 0.3) is 0 Å². The van der Waals surface area contributed by atoms with Gasteiger partial charge in [0.15, 0.2) is 0 Å². The molecule has 0 bridgehead atoms. The average molecular weight is 190 g/mol. The topological polar surface area (TPSA) is 0 Å². The van der Waals surface area contributed by atoms with Gasteiger partial charge in [-0.05, 0) is 0 Å². The molecule has 6 heteroatoms. The van der Waals surface area contributed by atoms with Crippen LogP contribution < -0.4 is 51.4 Å². The molecule has 0 nitrogen and oxygen atoms in total. The molecule has 0 atom stereocenters. The molecule has 0 unspecified atom stereocenters. The number of hydrogen-bond donors (Lipinski definition) is 0. The summed E-state index contributed by atoms with van der Waals surface area (Å²) in [4.78, 5) is 0. The number of rotatable bonds is 0. The van der Waals surface area contributed by atoms with Crippen LogP contribution in [-0.4, -0.2) is 15.4 Å². The van der Waals surface area contributed by atoms with Crippen molar-refractivity contribution in [3.63, 3.8) is 0 Å². The van der Waals surface area contributed by atoms with E-state index in [4.69, 9.17) is 0 Å². The van der Waals surface area contributed by atoms with Gasteiger partial charge in [-0.25, -0.2) is 0 Å². The normalized spacial score (nSPS) is 12.7. The zero-order valence-electron chi connectivity index (χ0n) is 2.96. The smallest absolute Gasteiger partial charge is 1.00 e. The monoisotopic (exact) mass is 190 g/mol. The molecule has 0 saturated carbocycles. The van der Waals surface area contributed by atoms with Crippen LogP contribution in [0, 0.1) is 0 Å². The SMILES string of the molecule is F[As-](F)(F)F.[K+]. The molecule has 0 aliphatic carbocycles. The molecule has 0 fully saturated rings. The fourth-order valence-electron chi connectivity index (χ4n) is 0. The van der Waals surface area contributed by atoms with Gasteiger partial charge >= 0.3 is 80.7 Å². The first-order valence-electron chi connectivity index (χ1n) is 0.676. The predicted molar refractivity (Wildman–Crippen MR) is 10.2 cm³/mol. The van der Waals surface area contributed by atoms with E-state index >= 15 is 0 Å². The Labute approximate surface area is 79.2 Å². The van der Waals surface area contributed by atoms with E-state index in [-0.39, 0.29) is 51.4 Å². The van der Waals surface area contributed by atoms with Crippen LogP contribution in [0.25, 0.3) is 0 Å². The summed E-state index contributed by atoms with van der Waals surface area (Å²) >= 11 is -6.88. The minimum Gasteiger partial charge on any atom is 1.00 e. The Balaban J connectivity index is 0. The Bertz CT molecular complexity index is 23.0. The summed E-state index contributed by atoms with van der Waals surface area (Å²) in [7, 11) is 0. The van der Waals surface area contributed by atoms with Gasteiger partial charge < -0.3 is 0 Å². The molecular weight excluding hydrogens is 190 g/mol. The first kappa shape index (κ1) is 10.8. The van der Waals surface area contributed by atoms with Crippen LogP contribution in [-0.2, 0) is 0 Å². The van der Waals surface area contributed by atoms with Crippen molar-refractivity contribution < 1.29 is 65.3 Å². The van der Waals surface area contributed by atoms with E-state index < -0.39 is 15.4 Å². The molecule has 0 aliphatic rings. The van der Waals surface area contributed by atoms with E-state index in [1.807, 2.05) is 0 Å². The Hall–Kier alpha value is 1.91. The van der Waals surface area contributed by atoms with Gasteiger partial charge in [-0.1, -0.05) is 0 Å². The zero-order valence-corrected chi connectivity index (χ0v) is 7.96. The molecule has 0 N–H and O–H groups in total. The van der Waals surface area contributed by atoms with Crippen molar-refractivity contribution in [3.8, 4) is 0 Å². The van der Waals surface area contributed by atoms with Crippen LogP contribution >= 0.6 is 0 Å².